The van der Waals surface area contributed by atoms with Crippen LogP contribution >= 0.6 is 11.6 Å². The van der Waals surface area contributed by atoms with E-state index in [0.717, 1.165) is 6.42 Å². The van der Waals surface area contributed by atoms with Gasteiger partial charge in [0.15, 0.2) is 0 Å². The Morgan fingerprint density at radius 1 is 1.19 bits per heavy atom. The van der Waals surface area contributed by atoms with Gasteiger partial charge in [-0.3, -0.25) is 9.52 Å². The van der Waals surface area contributed by atoms with Gasteiger partial charge < -0.3 is 9.64 Å². The third-order valence-electron chi connectivity index (χ3n) is 4.42. The molecule has 0 aliphatic carbocycles. The maximum absolute atomic E-state index is 12.9. The number of benzene rings is 2. The molecule has 2 aromatic carbocycles. The zero-order valence-electron chi connectivity index (χ0n) is 14.9. The molecule has 1 heterocycles. The van der Waals surface area contributed by atoms with E-state index in [1.807, 2.05) is 6.92 Å². The SMILES string of the molecule is C[C@H]1CCOCCN1C(=O)c1cccc(S(=O)(=O)Nc2cccc(Cl)c2)c1. The van der Waals surface area contributed by atoms with Gasteiger partial charge in [-0.15, -0.1) is 0 Å². The fraction of sp³-hybridized carbons (Fsp3) is 0.316. The van der Waals surface area contributed by atoms with Crippen LogP contribution in [-0.2, 0) is 14.8 Å². The van der Waals surface area contributed by atoms with Gasteiger partial charge in [-0.1, -0.05) is 23.7 Å². The molecule has 1 saturated heterocycles. The van der Waals surface area contributed by atoms with Crippen LogP contribution in [-0.4, -0.2) is 45.0 Å². The van der Waals surface area contributed by atoms with Crippen molar-refractivity contribution < 1.29 is 17.9 Å². The average molecular weight is 409 g/mol. The zero-order valence-corrected chi connectivity index (χ0v) is 16.5. The smallest absolute Gasteiger partial charge is 0.261 e. The molecule has 0 bridgehead atoms. The largest absolute Gasteiger partial charge is 0.380 e. The number of anilines is 1. The Hall–Kier alpha value is -2.09. The van der Waals surface area contributed by atoms with Crippen LogP contribution in [0.1, 0.15) is 23.7 Å². The number of hydrogen-bond acceptors (Lipinski definition) is 4. The molecule has 0 saturated carbocycles. The fourth-order valence-corrected chi connectivity index (χ4v) is 4.21. The number of nitrogens with zero attached hydrogens (tertiary/aromatic N) is 1. The molecule has 1 aliphatic rings. The number of amides is 1. The number of rotatable bonds is 4. The molecule has 1 atom stereocenters. The summed E-state index contributed by atoms with van der Waals surface area (Å²) in [4.78, 5) is 14.6. The van der Waals surface area contributed by atoms with Crippen molar-refractivity contribution in [2.45, 2.75) is 24.3 Å². The molecule has 1 N–H and O–H groups in total. The van der Waals surface area contributed by atoms with Gasteiger partial charge in [-0.05, 0) is 49.7 Å². The Kier molecular flexibility index (Phi) is 6.04. The highest BCUT2D eigenvalue weighted by molar-refractivity contribution is 7.92. The Labute approximate surface area is 164 Å². The van der Waals surface area contributed by atoms with Crippen LogP contribution in [0.4, 0.5) is 5.69 Å². The highest BCUT2D eigenvalue weighted by Gasteiger charge is 2.24. The van der Waals surface area contributed by atoms with Gasteiger partial charge in [0.25, 0.3) is 15.9 Å². The zero-order chi connectivity index (χ0) is 19.4. The Bertz CT molecular complexity index is 933. The van der Waals surface area contributed by atoms with E-state index in [2.05, 4.69) is 4.72 Å². The van der Waals surface area contributed by atoms with Gasteiger partial charge in [-0.2, -0.15) is 0 Å². The van der Waals surface area contributed by atoms with Crippen LogP contribution in [0.25, 0.3) is 0 Å². The Balaban J connectivity index is 1.85. The molecule has 0 aromatic heterocycles. The standard InChI is InChI=1S/C19H21ClN2O4S/c1-14-8-10-26-11-9-22(14)19(23)15-4-2-7-18(12-15)27(24,25)21-17-6-3-5-16(20)13-17/h2-7,12-14,21H,8-11H2,1H3/t14-/m0/s1. The predicted molar refractivity (Wildman–Crippen MR) is 105 cm³/mol. The van der Waals surface area contributed by atoms with Crippen molar-refractivity contribution in [1.82, 2.24) is 4.90 Å². The van der Waals surface area contributed by atoms with E-state index in [4.69, 9.17) is 16.3 Å². The number of carbonyl (C=O) groups excluding carboxylic acids is 1. The van der Waals surface area contributed by atoms with Crippen molar-refractivity contribution in [2.24, 2.45) is 0 Å². The van der Waals surface area contributed by atoms with E-state index in [-0.39, 0.29) is 16.8 Å². The third kappa shape index (κ3) is 4.80. The average Bonchev–Trinajstić information content (AvgIpc) is 2.85. The number of nitrogens with one attached hydrogen (secondary N) is 1. The molecule has 0 radical (unpaired) electrons. The lowest BCUT2D eigenvalue weighted by Crippen LogP contribution is -2.39. The van der Waals surface area contributed by atoms with Gasteiger partial charge in [0, 0.05) is 29.8 Å². The van der Waals surface area contributed by atoms with Crippen LogP contribution in [0, 0.1) is 0 Å². The molecule has 8 heteroatoms. The first-order valence-electron chi connectivity index (χ1n) is 8.64. The van der Waals surface area contributed by atoms with Crippen LogP contribution in [0.2, 0.25) is 5.02 Å². The van der Waals surface area contributed by atoms with Gasteiger partial charge >= 0.3 is 0 Å². The van der Waals surface area contributed by atoms with Gasteiger partial charge in [0.05, 0.1) is 17.2 Å². The van der Waals surface area contributed by atoms with Crippen LogP contribution in [0.5, 0.6) is 0 Å². The van der Waals surface area contributed by atoms with Crippen molar-refractivity contribution >= 4 is 33.2 Å². The molecular formula is C19H21ClN2O4S. The minimum Gasteiger partial charge on any atom is -0.380 e. The monoisotopic (exact) mass is 408 g/mol. The minimum absolute atomic E-state index is 0.0204. The van der Waals surface area contributed by atoms with Crippen LogP contribution in [0.15, 0.2) is 53.4 Å². The minimum atomic E-state index is -3.84. The van der Waals surface area contributed by atoms with Crippen LogP contribution < -0.4 is 4.72 Å². The third-order valence-corrected chi connectivity index (χ3v) is 6.03. The van der Waals surface area contributed by atoms with Gasteiger partial charge in [-0.25, -0.2) is 8.42 Å². The van der Waals surface area contributed by atoms with E-state index in [1.54, 1.807) is 35.2 Å². The predicted octanol–water partition coefficient (Wildman–Crippen LogP) is 3.39. The molecule has 1 aliphatic heterocycles. The van der Waals surface area contributed by atoms with E-state index in [0.29, 0.717) is 36.0 Å². The van der Waals surface area contributed by atoms with E-state index < -0.39 is 10.0 Å². The summed E-state index contributed by atoms with van der Waals surface area (Å²) in [6.07, 6.45) is 0.750. The summed E-state index contributed by atoms with van der Waals surface area (Å²) in [6, 6.07) is 12.5. The summed E-state index contributed by atoms with van der Waals surface area (Å²) >= 11 is 5.90. The van der Waals surface area contributed by atoms with Crippen LogP contribution in [0.3, 0.4) is 0 Å². The lowest BCUT2D eigenvalue weighted by Gasteiger charge is -2.26. The topological polar surface area (TPSA) is 75.7 Å². The molecule has 1 fully saturated rings. The highest BCUT2D eigenvalue weighted by atomic mass is 35.5. The molecule has 3 rings (SSSR count). The second-order valence-electron chi connectivity index (χ2n) is 6.39. The van der Waals surface area contributed by atoms with Crippen molar-refractivity contribution in [3.8, 4) is 0 Å². The van der Waals surface area contributed by atoms with Crippen molar-refractivity contribution in [3.05, 3.63) is 59.1 Å². The molecule has 0 unspecified atom stereocenters. The summed E-state index contributed by atoms with van der Waals surface area (Å²) in [7, 11) is -3.84. The van der Waals surface area contributed by atoms with Gasteiger partial charge in [0.1, 0.15) is 0 Å². The summed E-state index contributed by atoms with van der Waals surface area (Å²) in [6.45, 7) is 3.54. The number of sulfonamides is 1. The quantitative estimate of drug-likeness (QED) is 0.841. The molecule has 1 amide bonds. The fourth-order valence-electron chi connectivity index (χ4n) is 2.92. The molecule has 2 aromatic rings. The first-order valence-corrected chi connectivity index (χ1v) is 10.5. The van der Waals surface area contributed by atoms with Crippen molar-refractivity contribution in [1.29, 1.82) is 0 Å². The van der Waals surface area contributed by atoms with Crippen molar-refractivity contribution in [3.63, 3.8) is 0 Å². The van der Waals surface area contributed by atoms with E-state index in [9.17, 15) is 13.2 Å². The first-order chi connectivity index (χ1) is 12.9. The Morgan fingerprint density at radius 3 is 2.74 bits per heavy atom. The van der Waals surface area contributed by atoms with Gasteiger partial charge in [0.2, 0.25) is 0 Å². The molecule has 6 nitrogen and oxygen atoms in total. The second kappa shape index (κ2) is 8.29. The summed E-state index contributed by atoms with van der Waals surface area (Å²) < 4.78 is 33.3. The first kappa shape index (κ1) is 19.7. The summed E-state index contributed by atoms with van der Waals surface area (Å²) in [5.41, 5.74) is 0.690. The maximum atomic E-state index is 12.9. The molecular weight excluding hydrogens is 388 g/mol. The highest BCUT2D eigenvalue weighted by Crippen LogP contribution is 2.21. The number of carbonyl (C=O) groups is 1. The number of halogens is 1. The summed E-state index contributed by atoms with van der Waals surface area (Å²) in [5.74, 6) is -0.201. The number of ether oxygens (including phenoxy) is 1. The lowest BCUT2D eigenvalue weighted by molar-refractivity contribution is 0.0687. The number of hydrogen-bond donors (Lipinski definition) is 1. The summed E-state index contributed by atoms with van der Waals surface area (Å²) in [5, 5.41) is 0.427. The Morgan fingerprint density at radius 2 is 1.96 bits per heavy atom. The van der Waals surface area contributed by atoms with E-state index in [1.165, 1.54) is 18.2 Å². The second-order valence-corrected chi connectivity index (χ2v) is 8.51. The molecule has 144 valence electrons. The maximum Gasteiger partial charge on any atom is 0.261 e. The molecule has 0 spiro atoms. The normalized spacial score (nSPS) is 18.0. The van der Waals surface area contributed by atoms with E-state index >= 15 is 0 Å². The van der Waals surface area contributed by atoms with Crippen molar-refractivity contribution in [2.75, 3.05) is 24.5 Å². The lowest BCUT2D eigenvalue weighted by atomic mass is 10.1. The molecule has 27 heavy (non-hydrogen) atoms.